The summed E-state index contributed by atoms with van der Waals surface area (Å²) in [6.07, 6.45) is 1.37. The van der Waals surface area contributed by atoms with Crippen molar-refractivity contribution >= 4 is 27.3 Å². The fourth-order valence-electron chi connectivity index (χ4n) is 2.28. The third-order valence-electron chi connectivity index (χ3n) is 3.44. The quantitative estimate of drug-likeness (QED) is 0.348. The topological polar surface area (TPSA) is 144 Å². The summed E-state index contributed by atoms with van der Waals surface area (Å²) in [5.41, 5.74) is 0.456. The van der Waals surface area contributed by atoms with Gasteiger partial charge in [0, 0.05) is 37.0 Å². The number of sulfonamides is 1. The first-order valence-electron chi connectivity index (χ1n) is 7.52. The molecule has 0 aliphatic heterocycles. The van der Waals surface area contributed by atoms with Gasteiger partial charge in [0.2, 0.25) is 10.0 Å². The number of aryl methyl sites for hydroxylation is 1. The van der Waals surface area contributed by atoms with Gasteiger partial charge in [-0.1, -0.05) is 6.07 Å². The maximum atomic E-state index is 12.2. The standard InChI is InChI=1S/C14H15N7O4S/c1-10-7-13(20-14(19-10)16-9-17-20)15-5-6-18-26(24,25)12-4-2-3-11(8-12)21(22)23/h2-4,7-9,15,18H,5-6H2,1H3. The van der Waals surface area contributed by atoms with Gasteiger partial charge in [0.05, 0.1) is 9.82 Å². The number of hydrogen-bond donors (Lipinski definition) is 2. The fraction of sp³-hybridized carbons (Fsp3) is 0.214. The van der Waals surface area contributed by atoms with Crippen molar-refractivity contribution in [2.24, 2.45) is 0 Å². The largest absolute Gasteiger partial charge is 0.369 e. The number of nitrogens with zero attached hydrogens (tertiary/aromatic N) is 5. The molecule has 0 fully saturated rings. The van der Waals surface area contributed by atoms with Gasteiger partial charge in [-0.25, -0.2) is 18.1 Å². The molecule has 0 bridgehead atoms. The van der Waals surface area contributed by atoms with Gasteiger partial charge in [0.1, 0.15) is 12.1 Å². The zero-order valence-corrected chi connectivity index (χ0v) is 14.5. The van der Waals surface area contributed by atoms with Crippen LogP contribution in [0.2, 0.25) is 0 Å². The number of benzene rings is 1. The Kier molecular flexibility index (Phi) is 4.77. The molecule has 26 heavy (non-hydrogen) atoms. The van der Waals surface area contributed by atoms with Crippen LogP contribution in [0, 0.1) is 17.0 Å². The van der Waals surface area contributed by atoms with Crippen LogP contribution in [0.1, 0.15) is 5.69 Å². The molecule has 0 radical (unpaired) electrons. The average Bonchev–Trinajstić information content (AvgIpc) is 3.07. The Balaban J connectivity index is 1.64. The normalized spacial score (nSPS) is 11.6. The second kappa shape index (κ2) is 7.01. The van der Waals surface area contributed by atoms with Crippen LogP contribution in [-0.2, 0) is 10.0 Å². The van der Waals surface area contributed by atoms with Crippen LogP contribution >= 0.6 is 0 Å². The summed E-state index contributed by atoms with van der Waals surface area (Å²) in [7, 11) is -3.85. The van der Waals surface area contributed by atoms with Crippen molar-refractivity contribution in [3.63, 3.8) is 0 Å². The van der Waals surface area contributed by atoms with Crippen LogP contribution < -0.4 is 10.0 Å². The highest BCUT2D eigenvalue weighted by Crippen LogP contribution is 2.17. The van der Waals surface area contributed by atoms with Crippen LogP contribution in [-0.4, -0.2) is 46.0 Å². The van der Waals surface area contributed by atoms with Crippen molar-refractivity contribution in [3.05, 3.63) is 52.5 Å². The third kappa shape index (κ3) is 3.75. The van der Waals surface area contributed by atoms with E-state index < -0.39 is 14.9 Å². The number of nitrogens with one attached hydrogen (secondary N) is 2. The number of fused-ring (bicyclic) bond motifs is 1. The van der Waals surface area contributed by atoms with Crippen molar-refractivity contribution in [3.8, 4) is 0 Å². The Morgan fingerprint density at radius 3 is 2.85 bits per heavy atom. The number of nitro groups is 1. The smallest absolute Gasteiger partial charge is 0.270 e. The van der Waals surface area contributed by atoms with Crippen molar-refractivity contribution in [1.29, 1.82) is 0 Å². The van der Waals surface area contributed by atoms with E-state index in [4.69, 9.17) is 0 Å². The van der Waals surface area contributed by atoms with E-state index in [1.54, 1.807) is 6.07 Å². The second-order valence-electron chi connectivity index (χ2n) is 5.33. The van der Waals surface area contributed by atoms with Gasteiger partial charge in [-0.2, -0.15) is 14.6 Å². The van der Waals surface area contributed by atoms with Gasteiger partial charge >= 0.3 is 0 Å². The Hall–Kier alpha value is -3.12. The van der Waals surface area contributed by atoms with Crippen molar-refractivity contribution in [2.75, 3.05) is 18.4 Å². The van der Waals surface area contributed by atoms with Crippen molar-refractivity contribution in [1.82, 2.24) is 24.3 Å². The molecule has 2 N–H and O–H groups in total. The van der Waals surface area contributed by atoms with Crippen LogP contribution in [0.25, 0.3) is 5.78 Å². The van der Waals surface area contributed by atoms with Gasteiger partial charge in [-0.05, 0) is 13.0 Å². The molecule has 0 unspecified atom stereocenters. The summed E-state index contributed by atoms with van der Waals surface area (Å²) in [5.74, 6) is 1.06. The van der Waals surface area contributed by atoms with E-state index in [1.807, 2.05) is 6.92 Å². The molecule has 0 atom stereocenters. The highest BCUT2D eigenvalue weighted by molar-refractivity contribution is 7.89. The number of nitro benzene ring substituents is 1. The molecule has 0 aliphatic carbocycles. The van der Waals surface area contributed by atoms with Crippen LogP contribution in [0.3, 0.4) is 0 Å². The molecule has 12 heteroatoms. The molecule has 2 aromatic heterocycles. The molecule has 0 spiro atoms. The molecule has 1 aromatic carbocycles. The number of hydrogen-bond acceptors (Lipinski definition) is 8. The number of non-ortho nitro benzene ring substituents is 1. The first-order chi connectivity index (χ1) is 12.4. The summed E-state index contributed by atoms with van der Waals surface area (Å²) < 4.78 is 28.4. The van der Waals surface area contributed by atoms with E-state index in [2.05, 4.69) is 25.1 Å². The lowest BCUT2D eigenvalue weighted by molar-refractivity contribution is -0.385. The molecule has 3 rings (SSSR count). The minimum atomic E-state index is -3.85. The maximum Gasteiger partial charge on any atom is 0.270 e. The number of rotatable bonds is 7. The summed E-state index contributed by atoms with van der Waals surface area (Å²) in [6, 6.07) is 6.63. The van der Waals surface area contributed by atoms with E-state index in [0.717, 1.165) is 11.8 Å². The Morgan fingerprint density at radius 2 is 2.08 bits per heavy atom. The number of anilines is 1. The zero-order valence-electron chi connectivity index (χ0n) is 13.7. The fourth-order valence-corrected chi connectivity index (χ4v) is 3.35. The van der Waals surface area contributed by atoms with Gasteiger partial charge in [0.25, 0.3) is 11.5 Å². The Labute approximate surface area is 148 Å². The van der Waals surface area contributed by atoms with Gasteiger partial charge in [-0.3, -0.25) is 10.1 Å². The molecule has 0 saturated carbocycles. The van der Waals surface area contributed by atoms with Gasteiger partial charge < -0.3 is 5.32 Å². The molecule has 0 amide bonds. The minimum absolute atomic E-state index is 0.0720. The molecule has 11 nitrogen and oxygen atoms in total. The maximum absolute atomic E-state index is 12.2. The molecule has 3 aromatic rings. The highest BCUT2D eigenvalue weighted by atomic mass is 32.2. The summed E-state index contributed by atoms with van der Waals surface area (Å²) in [6.45, 7) is 2.15. The SMILES string of the molecule is Cc1cc(NCCNS(=O)(=O)c2cccc([N+](=O)[O-])c2)n2ncnc2n1. The lowest BCUT2D eigenvalue weighted by Crippen LogP contribution is -2.29. The highest BCUT2D eigenvalue weighted by Gasteiger charge is 2.17. The Bertz CT molecular complexity index is 1060. The third-order valence-corrected chi connectivity index (χ3v) is 4.90. The Morgan fingerprint density at radius 1 is 1.27 bits per heavy atom. The van der Waals surface area contributed by atoms with Crippen LogP contribution in [0.5, 0.6) is 0 Å². The lowest BCUT2D eigenvalue weighted by Gasteiger charge is -2.10. The first-order valence-corrected chi connectivity index (χ1v) is 9.00. The monoisotopic (exact) mass is 377 g/mol. The molecule has 2 heterocycles. The minimum Gasteiger partial charge on any atom is -0.369 e. The van der Waals surface area contributed by atoms with Gasteiger partial charge in [0.15, 0.2) is 0 Å². The molecule has 136 valence electrons. The number of aromatic nitrogens is 4. The van der Waals surface area contributed by atoms with E-state index in [1.165, 1.54) is 29.0 Å². The summed E-state index contributed by atoms with van der Waals surface area (Å²) in [4.78, 5) is 18.2. The predicted octanol–water partition coefficient (Wildman–Crippen LogP) is 0.731. The second-order valence-corrected chi connectivity index (χ2v) is 7.10. The van der Waals surface area contributed by atoms with Crippen molar-refractivity contribution in [2.45, 2.75) is 11.8 Å². The van der Waals surface area contributed by atoms with E-state index in [9.17, 15) is 18.5 Å². The first kappa shape index (κ1) is 17.7. The average molecular weight is 377 g/mol. The summed E-state index contributed by atoms with van der Waals surface area (Å²) >= 11 is 0. The van der Waals surface area contributed by atoms with E-state index >= 15 is 0 Å². The lowest BCUT2D eigenvalue weighted by atomic mass is 10.3. The van der Waals surface area contributed by atoms with Crippen molar-refractivity contribution < 1.29 is 13.3 Å². The van der Waals surface area contributed by atoms with E-state index in [-0.39, 0.29) is 23.7 Å². The van der Waals surface area contributed by atoms with E-state index in [0.29, 0.717) is 11.6 Å². The van der Waals surface area contributed by atoms with Crippen LogP contribution in [0.15, 0.2) is 41.6 Å². The van der Waals surface area contributed by atoms with Crippen LogP contribution in [0.4, 0.5) is 11.5 Å². The zero-order chi connectivity index (χ0) is 18.7. The molecular weight excluding hydrogens is 362 g/mol. The molecule has 0 saturated heterocycles. The molecular formula is C14H15N7O4S. The molecule has 0 aliphatic rings. The summed E-state index contributed by atoms with van der Waals surface area (Å²) in [5, 5.41) is 17.9. The predicted molar refractivity (Wildman–Crippen MR) is 92.3 cm³/mol. The van der Waals surface area contributed by atoms with Gasteiger partial charge in [-0.15, -0.1) is 0 Å².